The topological polar surface area (TPSA) is 79.0 Å². The van der Waals surface area contributed by atoms with Crippen molar-refractivity contribution in [2.45, 2.75) is 25.8 Å². The van der Waals surface area contributed by atoms with Crippen molar-refractivity contribution >= 4 is 17.3 Å². The van der Waals surface area contributed by atoms with E-state index in [1.807, 2.05) is 0 Å². The van der Waals surface area contributed by atoms with Crippen LogP contribution >= 0.6 is 11.6 Å². The lowest BCUT2D eigenvalue weighted by Gasteiger charge is -2.04. The third kappa shape index (κ3) is 4.70. The van der Waals surface area contributed by atoms with Crippen molar-refractivity contribution < 1.29 is 4.92 Å². The Balaban J connectivity index is 2.41. The van der Waals surface area contributed by atoms with Crippen molar-refractivity contribution in [3.05, 3.63) is 38.9 Å². The number of nitro groups is 1. The fraction of sp³-hybridized carbons (Fsp3) is 0.417. The summed E-state index contributed by atoms with van der Waals surface area (Å²) in [5.74, 6) is 0. The highest BCUT2D eigenvalue weighted by Crippen LogP contribution is 2.24. The molecular formula is C12H14ClN3O2. The Morgan fingerprint density at radius 3 is 2.89 bits per heavy atom. The zero-order chi connectivity index (χ0) is 13.4. The molecule has 0 radical (unpaired) electrons. The molecule has 6 heteroatoms. The predicted molar refractivity (Wildman–Crippen MR) is 69.3 cm³/mol. The first-order chi connectivity index (χ1) is 8.65. The SMILES string of the molecule is N#CCCCCNCc1ccc(Cl)c([N+](=O)[O-])c1. The van der Waals surface area contributed by atoms with Crippen LogP contribution in [0.15, 0.2) is 18.2 Å². The van der Waals surface area contributed by atoms with Crippen LogP contribution < -0.4 is 5.32 Å². The molecule has 0 heterocycles. The van der Waals surface area contributed by atoms with Gasteiger partial charge in [-0.1, -0.05) is 17.7 Å². The summed E-state index contributed by atoms with van der Waals surface area (Å²) in [6.07, 6.45) is 2.35. The van der Waals surface area contributed by atoms with Crippen LogP contribution in [-0.4, -0.2) is 11.5 Å². The van der Waals surface area contributed by atoms with E-state index in [0.29, 0.717) is 13.0 Å². The largest absolute Gasteiger partial charge is 0.313 e. The van der Waals surface area contributed by atoms with Crippen molar-refractivity contribution in [3.8, 4) is 6.07 Å². The van der Waals surface area contributed by atoms with E-state index in [0.717, 1.165) is 24.9 Å². The van der Waals surface area contributed by atoms with Gasteiger partial charge in [-0.3, -0.25) is 10.1 Å². The zero-order valence-corrected chi connectivity index (χ0v) is 10.6. The normalized spacial score (nSPS) is 10.0. The van der Waals surface area contributed by atoms with Crippen LogP contribution in [0.1, 0.15) is 24.8 Å². The molecule has 0 aromatic heterocycles. The van der Waals surface area contributed by atoms with Gasteiger partial charge in [0.2, 0.25) is 0 Å². The fourth-order valence-corrected chi connectivity index (χ4v) is 1.68. The van der Waals surface area contributed by atoms with E-state index in [1.165, 1.54) is 12.1 Å². The highest BCUT2D eigenvalue weighted by Gasteiger charge is 2.12. The van der Waals surface area contributed by atoms with E-state index in [9.17, 15) is 10.1 Å². The van der Waals surface area contributed by atoms with Crippen LogP contribution in [0.4, 0.5) is 5.69 Å². The molecule has 0 spiro atoms. The first-order valence-corrected chi connectivity index (χ1v) is 6.03. The van der Waals surface area contributed by atoms with Crippen LogP contribution in [0.5, 0.6) is 0 Å². The minimum absolute atomic E-state index is 0.0690. The summed E-state index contributed by atoms with van der Waals surface area (Å²) in [6, 6.07) is 6.86. The fourth-order valence-electron chi connectivity index (χ4n) is 1.49. The first kappa shape index (κ1) is 14.4. The van der Waals surface area contributed by atoms with E-state index >= 15 is 0 Å². The number of nitrogens with one attached hydrogen (secondary N) is 1. The molecule has 0 aliphatic heterocycles. The van der Waals surface area contributed by atoms with Crippen molar-refractivity contribution in [2.75, 3.05) is 6.54 Å². The lowest BCUT2D eigenvalue weighted by atomic mass is 10.2. The number of nitrogens with zero attached hydrogens (tertiary/aromatic N) is 2. The molecule has 0 aliphatic carbocycles. The van der Waals surface area contributed by atoms with Crippen LogP contribution in [0.2, 0.25) is 5.02 Å². The zero-order valence-electron chi connectivity index (χ0n) is 9.86. The molecule has 96 valence electrons. The Morgan fingerprint density at radius 1 is 1.44 bits per heavy atom. The van der Waals surface area contributed by atoms with Gasteiger partial charge in [0, 0.05) is 19.0 Å². The van der Waals surface area contributed by atoms with E-state index in [1.54, 1.807) is 6.07 Å². The lowest BCUT2D eigenvalue weighted by Crippen LogP contribution is -2.14. The number of halogens is 1. The van der Waals surface area contributed by atoms with Crippen LogP contribution in [-0.2, 0) is 6.54 Å². The van der Waals surface area contributed by atoms with Gasteiger partial charge < -0.3 is 5.32 Å². The number of hydrogen-bond acceptors (Lipinski definition) is 4. The molecule has 1 rings (SSSR count). The van der Waals surface area contributed by atoms with Gasteiger partial charge >= 0.3 is 0 Å². The third-order valence-corrected chi connectivity index (χ3v) is 2.75. The molecule has 0 fully saturated rings. The summed E-state index contributed by atoms with van der Waals surface area (Å²) in [4.78, 5) is 10.2. The minimum Gasteiger partial charge on any atom is -0.313 e. The van der Waals surface area contributed by atoms with Crippen molar-refractivity contribution in [1.82, 2.24) is 5.32 Å². The molecule has 1 aromatic rings. The predicted octanol–water partition coefficient (Wildman–Crippen LogP) is 3.03. The number of unbranched alkanes of at least 4 members (excludes halogenated alkanes) is 2. The molecule has 0 saturated carbocycles. The second-order valence-corrected chi connectivity index (χ2v) is 4.24. The Hall–Kier alpha value is -1.64. The standard InChI is InChI=1S/C12H14ClN3O2/c13-11-5-4-10(8-12(11)16(17)18)9-15-7-3-1-2-6-14/h4-5,8,15H,1-3,7,9H2. The van der Waals surface area contributed by atoms with E-state index in [2.05, 4.69) is 11.4 Å². The molecule has 0 aliphatic rings. The van der Waals surface area contributed by atoms with Gasteiger partial charge in [-0.15, -0.1) is 0 Å². The summed E-state index contributed by atoms with van der Waals surface area (Å²) < 4.78 is 0. The van der Waals surface area contributed by atoms with Crippen LogP contribution in [0, 0.1) is 21.4 Å². The van der Waals surface area contributed by atoms with Gasteiger partial charge in [-0.2, -0.15) is 5.26 Å². The molecule has 18 heavy (non-hydrogen) atoms. The number of nitriles is 1. The van der Waals surface area contributed by atoms with Crippen molar-refractivity contribution in [1.29, 1.82) is 5.26 Å². The number of benzene rings is 1. The Morgan fingerprint density at radius 2 is 2.22 bits per heavy atom. The van der Waals surface area contributed by atoms with E-state index < -0.39 is 4.92 Å². The molecular weight excluding hydrogens is 254 g/mol. The molecule has 1 aromatic carbocycles. The van der Waals surface area contributed by atoms with E-state index in [-0.39, 0.29) is 10.7 Å². The van der Waals surface area contributed by atoms with Gasteiger partial charge in [0.15, 0.2) is 0 Å². The average Bonchev–Trinajstić information content (AvgIpc) is 2.35. The Bertz CT molecular complexity index is 457. The van der Waals surface area contributed by atoms with Gasteiger partial charge in [-0.25, -0.2) is 0 Å². The maximum Gasteiger partial charge on any atom is 0.288 e. The lowest BCUT2D eigenvalue weighted by molar-refractivity contribution is -0.384. The molecule has 0 atom stereocenters. The van der Waals surface area contributed by atoms with Gasteiger partial charge in [-0.05, 0) is 31.0 Å². The van der Waals surface area contributed by atoms with Gasteiger partial charge in [0.1, 0.15) is 5.02 Å². The number of hydrogen-bond donors (Lipinski definition) is 1. The molecule has 5 nitrogen and oxygen atoms in total. The van der Waals surface area contributed by atoms with Gasteiger partial charge in [0.05, 0.1) is 11.0 Å². The maximum absolute atomic E-state index is 10.7. The molecule has 0 bridgehead atoms. The Labute approximate surface area is 111 Å². The quantitative estimate of drug-likeness (QED) is 0.468. The first-order valence-electron chi connectivity index (χ1n) is 5.65. The molecule has 0 amide bonds. The summed E-state index contributed by atoms with van der Waals surface area (Å²) in [7, 11) is 0. The third-order valence-electron chi connectivity index (χ3n) is 2.43. The van der Waals surface area contributed by atoms with E-state index in [4.69, 9.17) is 16.9 Å². The minimum atomic E-state index is -0.487. The highest BCUT2D eigenvalue weighted by atomic mass is 35.5. The summed E-state index contributed by atoms with van der Waals surface area (Å²) in [6.45, 7) is 1.35. The van der Waals surface area contributed by atoms with Gasteiger partial charge in [0.25, 0.3) is 5.69 Å². The second-order valence-electron chi connectivity index (χ2n) is 3.83. The second kappa shape index (κ2) is 7.64. The van der Waals surface area contributed by atoms with Crippen molar-refractivity contribution in [2.24, 2.45) is 0 Å². The maximum atomic E-state index is 10.7. The summed E-state index contributed by atoms with van der Waals surface area (Å²) >= 11 is 5.72. The average molecular weight is 268 g/mol. The number of nitro benzene ring substituents is 1. The highest BCUT2D eigenvalue weighted by molar-refractivity contribution is 6.32. The number of rotatable bonds is 7. The smallest absolute Gasteiger partial charge is 0.288 e. The molecule has 0 unspecified atom stereocenters. The summed E-state index contributed by atoms with van der Waals surface area (Å²) in [5, 5.41) is 22.4. The molecule has 1 N–H and O–H groups in total. The van der Waals surface area contributed by atoms with Crippen LogP contribution in [0.3, 0.4) is 0 Å². The summed E-state index contributed by atoms with van der Waals surface area (Å²) in [5.41, 5.74) is 0.756. The van der Waals surface area contributed by atoms with Crippen molar-refractivity contribution in [3.63, 3.8) is 0 Å². The Kier molecular flexibility index (Phi) is 6.12. The molecule has 0 saturated heterocycles. The van der Waals surface area contributed by atoms with Crippen LogP contribution in [0.25, 0.3) is 0 Å². The monoisotopic (exact) mass is 267 g/mol.